The smallest absolute Gasteiger partial charge is 0.255 e. The first-order valence-electron chi connectivity index (χ1n) is 8.75. The minimum Gasteiger partial charge on any atom is -0.489 e. The summed E-state index contributed by atoms with van der Waals surface area (Å²) in [4.78, 5) is 18.4. The van der Waals surface area contributed by atoms with Crippen molar-refractivity contribution in [1.29, 1.82) is 0 Å². The SMILES string of the molecule is CCCCN(C)C(=O)c1ccc(Nc2ccccc2OC(C)C)nc1. The lowest BCUT2D eigenvalue weighted by atomic mass is 10.2. The molecule has 0 aliphatic rings. The molecule has 5 nitrogen and oxygen atoms in total. The molecule has 2 rings (SSSR count). The van der Waals surface area contributed by atoms with E-state index in [2.05, 4.69) is 17.2 Å². The minimum atomic E-state index is -0.00367. The van der Waals surface area contributed by atoms with Gasteiger partial charge in [-0.3, -0.25) is 4.79 Å². The summed E-state index contributed by atoms with van der Waals surface area (Å²) >= 11 is 0. The number of benzene rings is 1. The summed E-state index contributed by atoms with van der Waals surface area (Å²) in [5.74, 6) is 1.45. The third kappa shape index (κ3) is 5.48. The first-order valence-corrected chi connectivity index (χ1v) is 8.75. The lowest BCUT2D eigenvalue weighted by Crippen LogP contribution is -2.27. The van der Waals surface area contributed by atoms with E-state index in [1.165, 1.54) is 0 Å². The van der Waals surface area contributed by atoms with Crippen LogP contribution in [0.5, 0.6) is 5.75 Å². The summed E-state index contributed by atoms with van der Waals surface area (Å²) in [6, 6.07) is 11.3. The van der Waals surface area contributed by atoms with Crippen LogP contribution in [-0.2, 0) is 0 Å². The molecule has 0 fully saturated rings. The summed E-state index contributed by atoms with van der Waals surface area (Å²) in [6.07, 6.45) is 3.77. The molecule has 1 aromatic heterocycles. The summed E-state index contributed by atoms with van der Waals surface area (Å²) < 4.78 is 5.80. The number of aromatic nitrogens is 1. The lowest BCUT2D eigenvalue weighted by Gasteiger charge is -2.17. The van der Waals surface area contributed by atoms with Gasteiger partial charge in [-0.1, -0.05) is 25.5 Å². The highest BCUT2D eigenvalue weighted by molar-refractivity contribution is 5.94. The Kier molecular flexibility index (Phi) is 6.81. The number of nitrogens with zero attached hydrogens (tertiary/aromatic N) is 2. The molecule has 0 bridgehead atoms. The molecule has 25 heavy (non-hydrogen) atoms. The second-order valence-corrected chi connectivity index (χ2v) is 6.30. The molecule has 0 unspecified atom stereocenters. The molecule has 0 aliphatic heterocycles. The van der Waals surface area contributed by atoms with Gasteiger partial charge in [-0.2, -0.15) is 0 Å². The van der Waals surface area contributed by atoms with Crippen molar-refractivity contribution in [3.05, 3.63) is 48.2 Å². The molecular formula is C20H27N3O2. The monoisotopic (exact) mass is 341 g/mol. The normalized spacial score (nSPS) is 10.6. The van der Waals surface area contributed by atoms with Gasteiger partial charge in [-0.15, -0.1) is 0 Å². The third-order valence-corrected chi connectivity index (χ3v) is 3.72. The fourth-order valence-electron chi connectivity index (χ4n) is 2.38. The maximum Gasteiger partial charge on any atom is 0.255 e. The number of carbonyl (C=O) groups excluding carboxylic acids is 1. The van der Waals surface area contributed by atoms with Crippen LogP contribution in [0, 0.1) is 0 Å². The van der Waals surface area contributed by atoms with Crippen LogP contribution in [0.1, 0.15) is 44.0 Å². The molecule has 0 aliphatic carbocycles. The van der Waals surface area contributed by atoms with Gasteiger partial charge in [-0.25, -0.2) is 4.98 Å². The Morgan fingerprint density at radius 3 is 2.64 bits per heavy atom. The van der Waals surface area contributed by atoms with Crippen LogP contribution in [0.25, 0.3) is 0 Å². The maximum absolute atomic E-state index is 12.3. The van der Waals surface area contributed by atoms with Gasteiger partial charge in [0.1, 0.15) is 11.6 Å². The Morgan fingerprint density at radius 1 is 1.24 bits per heavy atom. The predicted octanol–water partition coefficient (Wildman–Crippen LogP) is 4.48. The van der Waals surface area contributed by atoms with Crippen molar-refractivity contribution in [1.82, 2.24) is 9.88 Å². The van der Waals surface area contributed by atoms with Crippen LogP contribution in [-0.4, -0.2) is 35.5 Å². The van der Waals surface area contributed by atoms with Crippen LogP contribution < -0.4 is 10.1 Å². The number of carbonyl (C=O) groups is 1. The van der Waals surface area contributed by atoms with Crippen molar-refractivity contribution in [2.45, 2.75) is 39.7 Å². The van der Waals surface area contributed by atoms with Crippen molar-refractivity contribution in [3.63, 3.8) is 0 Å². The number of anilines is 2. The molecule has 0 atom stereocenters. The van der Waals surface area contributed by atoms with Crippen molar-refractivity contribution >= 4 is 17.4 Å². The van der Waals surface area contributed by atoms with Gasteiger partial charge in [0, 0.05) is 19.8 Å². The average Bonchev–Trinajstić information content (AvgIpc) is 2.61. The Morgan fingerprint density at radius 2 is 2.00 bits per heavy atom. The molecule has 1 aromatic carbocycles. The van der Waals surface area contributed by atoms with Crippen molar-refractivity contribution in [3.8, 4) is 5.75 Å². The van der Waals surface area contributed by atoms with Crippen LogP contribution in [0.2, 0.25) is 0 Å². The standard InChI is InChI=1S/C20H27N3O2/c1-5-6-13-23(4)20(24)16-11-12-19(21-14-16)22-17-9-7-8-10-18(17)25-15(2)3/h7-12,14-15H,5-6,13H2,1-4H3,(H,21,22). The van der Waals surface area contributed by atoms with E-state index in [1.54, 1.807) is 17.2 Å². The molecule has 0 saturated heterocycles. The number of nitrogens with one attached hydrogen (secondary N) is 1. The average molecular weight is 341 g/mol. The number of hydrogen-bond donors (Lipinski definition) is 1. The summed E-state index contributed by atoms with van der Waals surface area (Å²) in [7, 11) is 1.82. The second-order valence-electron chi connectivity index (χ2n) is 6.30. The van der Waals surface area contributed by atoms with E-state index in [0.717, 1.165) is 30.8 Å². The van der Waals surface area contributed by atoms with E-state index in [4.69, 9.17) is 4.74 Å². The Labute approximate surface area is 150 Å². The summed E-state index contributed by atoms with van der Waals surface area (Å²) in [5.41, 5.74) is 1.44. The number of rotatable bonds is 8. The molecule has 0 saturated carbocycles. The van der Waals surface area contributed by atoms with Crippen LogP contribution in [0.15, 0.2) is 42.6 Å². The number of hydrogen-bond acceptors (Lipinski definition) is 4. The van der Waals surface area contributed by atoms with Crippen molar-refractivity contribution < 1.29 is 9.53 Å². The van der Waals surface area contributed by atoms with E-state index >= 15 is 0 Å². The first-order chi connectivity index (χ1) is 12.0. The fourth-order valence-corrected chi connectivity index (χ4v) is 2.38. The number of amides is 1. The molecular weight excluding hydrogens is 314 g/mol. The van der Waals surface area contributed by atoms with E-state index in [1.807, 2.05) is 51.2 Å². The summed E-state index contributed by atoms with van der Waals surface area (Å²) in [6.45, 7) is 6.85. The van der Waals surface area contributed by atoms with Gasteiger partial charge >= 0.3 is 0 Å². The molecule has 2 aromatic rings. The van der Waals surface area contributed by atoms with Gasteiger partial charge in [0.05, 0.1) is 17.4 Å². The third-order valence-electron chi connectivity index (χ3n) is 3.72. The predicted molar refractivity (Wildman–Crippen MR) is 102 cm³/mol. The lowest BCUT2D eigenvalue weighted by molar-refractivity contribution is 0.0793. The van der Waals surface area contributed by atoms with Gasteiger partial charge in [0.25, 0.3) is 5.91 Å². The van der Waals surface area contributed by atoms with Crippen molar-refractivity contribution in [2.24, 2.45) is 0 Å². The number of ether oxygens (including phenoxy) is 1. The quantitative estimate of drug-likeness (QED) is 0.769. The van der Waals surface area contributed by atoms with Crippen molar-refractivity contribution in [2.75, 3.05) is 18.9 Å². The van der Waals surface area contributed by atoms with Crippen LogP contribution in [0.3, 0.4) is 0 Å². The van der Waals surface area contributed by atoms with Gasteiger partial charge in [0.2, 0.25) is 0 Å². The molecule has 134 valence electrons. The topological polar surface area (TPSA) is 54.5 Å². The Bertz CT molecular complexity index is 684. The van der Waals surface area contributed by atoms with Gasteiger partial charge in [-0.05, 0) is 44.5 Å². The molecule has 5 heteroatoms. The van der Waals surface area contributed by atoms with E-state index in [9.17, 15) is 4.79 Å². The number of para-hydroxylation sites is 2. The van der Waals surface area contributed by atoms with E-state index in [0.29, 0.717) is 11.4 Å². The fraction of sp³-hybridized carbons (Fsp3) is 0.400. The zero-order valence-electron chi connectivity index (χ0n) is 15.5. The van der Waals surface area contributed by atoms with Crippen LogP contribution >= 0.6 is 0 Å². The minimum absolute atomic E-state index is 0.00367. The maximum atomic E-state index is 12.3. The number of unbranched alkanes of at least 4 members (excludes halogenated alkanes) is 1. The first kappa shape index (κ1) is 18.8. The molecule has 1 heterocycles. The highest BCUT2D eigenvalue weighted by atomic mass is 16.5. The summed E-state index contributed by atoms with van der Waals surface area (Å²) in [5, 5.41) is 3.25. The highest BCUT2D eigenvalue weighted by Crippen LogP contribution is 2.27. The van der Waals surface area contributed by atoms with Gasteiger partial charge in [0.15, 0.2) is 0 Å². The van der Waals surface area contributed by atoms with E-state index < -0.39 is 0 Å². The molecule has 0 spiro atoms. The second kappa shape index (κ2) is 9.06. The Balaban J connectivity index is 2.07. The largest absolute Gasteiger partial charge is 0.489 e. The van der Waals surface area contributed by atoms with Gasteiger partial charge < -0.3 is 15.0 Å². The molecule has 1 amide bonds. The highest BCUT2D eigenvalue weighted by Gasteiger charge is 2.12. The number of pyridine rings is 1. The van der Waals surface area contributed by atoms with E-state index in [-0.39, 0.29) is 12.0 Å². The van der Waals surface area contributed by atoms with Crippen LogP contribution in [0.4, 0.5) is 11.5 Å². The molecule has 0 radical (unpaired) electrons. The zero-order valence-corrected chi connectivity index (χ0v) is 15.5. The molecule has 1 N–H and O–H groups in total. The Hall–Kier alpha value is -2.56. The zero-order chi connectivity index (χ0) is 18.2.